The summed E-state index contributed by atoms with van der Waals surface area (Å²) in [6.07, 6.45) is 0. The molecule has 0 aliphatic carbocycles. The third-order valence-electron chi connectivity index (χ3n) is 2.29. The fraction of sp³-hybridized carbons (Fsp3) is 0.143. The highest BCUT2D eigenvalue weighted by Gasteiger charge is 2.27. The summed E-state index contributed by atoms with van der Waals surface area (Å²) in [4.78, 5) is 0. The van der Waals surface area contributed by atoms with Crippen molar-refractivity contribution in [3.05, 3.63) is 60.7 Å². The van der Waals surface area contributed by atoms with Gasteiger partial charge in [-0.05, 0) is 24.3 Å². The number of hydrogen-bond acceptors (Lipinski definition) is 3. The zero-order valence-electron chi connectivity index (χ0n) is 10.7. The highest BCUT2D eigenvalue weighted by molar-refractivity contribution is 7.52. The van der Waals surface area contributed by atoms with E-state index < -0.39 is 7.75 Å². The quantitative estimate of drug-likeness (QED) is 0.814. The number of nitrogens with one attached hydrogen (secondary N) is 1. The first-order valence-electron chi connectivity index (χ1n) is 6.06. The summed E-state index contributed by atoms with van der Waals surface area (Å²) >= 11 is 0. The van der Waals surface area contributed by atoms with Crippen molar-refractivity contribution >= 4 is 7.75 Å². The van der Waals surface area contributed by atoms with Gasteiger partial charge in [0.25, 0.3) is 0 Å². The average molecular weight is 277 g/mol. The molecule has 0 aliphatic heterocycles. The van der Waals surface area contributed by atoms with Gasteiger partial charge in [-0.1, -0.05) is 43.3 Å². The average Bonchev–Trinajstić information content (AvgIpc) is 2.41. The van der Waals surface area contributed by atoms with Crippen molar-refractivity contribution in [2.75, 3.05) is 6.54 Å². The fourth-order valence-corrected chi connectivity index (χ4v) is 2.87. The minimum Gasteiger partial charge on any atom is -0.405 e. The summed E-state index contributed by atoms with van der Waals surface area (Å²) in [7, 11) is -3.41. The molecule has 0 atom stereocenters. The van der Waals surface area contributed by atoms with Crippen LogP contribution in [0.1, 0.15) is 6.92 Å². The fourth-order valence-electron chi connectivity index (χ4n) is 1.52. The molecule has 0 radical (unpaired) electrons. The molecule has 0 heterocycles. The lowest BCUT2D eigenvalue weighted by Crippen LogP contribution is -2.18. The molecule has 100 valence electrons. The summed E-state index contributed by atoms with van der Waals surface area (Å²) < 4.78 is 23.5. The Morgan fingerprint density at radius 3 is 1.68 bits per heavy atom. The molecular weight excluding hydrogens is 261 g/mol. The van der Waals surface area contributed by atoms with Crippen LogP contribution < -0.4 is 14.1 Å². The van der Waals surface area contributed by atoms with Gasteiger partial charge < -0.3 is 9.05 Å². The second-order valence-corrected chi connectivity index (χ2v) is 5.49. The van der Waals surface area contributed by atoms with E-state index in [0.717, 1.165) is 0 Å². The molecule has 4 nitrogen and oxygen atoms in total. The van der Waals surface area contributed by atoms with Gasteiger partial charge in [-0.15, -0.1) is 0 Å². The monoisotopic (exact) mass is 277 g/mol. The summed E-state index contributed by atoms with van der Waals surface area (Å²) in [6, 6.07) is 17.9. The van der Waals surface area contributed by atoms with Crippen LogP contribution in [-0.2, 0) is 4.57 Å². The lowest BCUT2D eigenvalue weighted by atomic mass is 10.3. The minimum absolute atomic E-state index is 0.483. The van der Waals surface area contributed by atoms with Crippen LogP contribution in [0.25, 0.3) is 0 Å². The Morgan fingerprint density at radius 2 is 1.32 bits per heavy atom. The van der Waals surface area contributed by atoms with E-state index in [2.05, 4.69) is 5.09 Å². The third kappa shape index (κ3) is 4.12. The molecule has 19 heavy (non-hydrogen) atoms. The van der Waals surface area contributed by atoms with Gasteiger partial charge in [0, 0.05) is 6.54 Å². The molecule has 0 spiro atoms. The Bertz CT molecular complexity index is 500. The van der Waals surface area contributed by atoms with E-state index in [-0.39, 0.29) is 0 Å². The van der Waals surface area contributed by atoms with Gasteiger partial charge >= 0.3 is 7.75 Å². The van der Waals surface area contributed by atoms with Gasteiger partial charge in [-0.3, -0.25) is 0 Å². The van der Waals surface area contributed by atoms with Crippen LogP contribution >= 0.6 is 7.75 Å². The van der Waals surface area contributed by atoms with Crippen LogP contribution in [0.15, 0.2) is 60.7 Å². The van der Waals surface area contributed by atoms with Crippen molar-refractivity contribution in [1.29, 1.82) is 0 Å². The predicted octanol–water partition coefficient (Wildman–Crippen LogP) is 3.86. The van der Waals surface area contributed by atoms with Crippen LogP contribution in [0.4, 0.5) is 0 Å². The smallest absolute Gasteiger partial charge is 0.405 e. The molecule has 0 amide bonds. The number of para-hydroxylation sites is 2. The highest BCUT2D eigenvalue weighted by atomic mass is 31.2. The molecule has 5 heteroatoms. The van der Waals surface area contributed by atoms with E-state index in [1.54, 1.807) is 24.3 Å². The standard InChI is InChI=1S/C14H16NO3P/c1-2-15-19(16,17-13-9-5-3-6-10-13)18-14-11-7-4-8-12-14/h3-12H,2H2,1H3,(H,15,16). The molecule has 0 bridgehead atoms. The van der Waals surface area contributed by atoms with Gasteiger partial charge in [-0.25, -0.2) is 9.65 Å². The number of hydrogen-bond donors (Lipinski definition) is 1. The maximum absolute atomic E-state index is 12.6. The van der Waals surface area contributed by atoms with E-state index in [9.17, 15) is 4.57 Å². The molecule has 0 aromatic heterocycles. The van der Waals surface area contributed by atoms with Gasteiger partial charge in [0.05, 0.1) is 0 Å². The lowest BCUT2D eigenvalue weighted by molar-refractivity contribution is 0.372. The first kappa shape index (κ1) is 13.7. The summed E-state index contributed by atoms with van der Waals surface area (Å²) in [6.45, 7) is 2.33. The first-order chi connectivity index (χ1) is 9.22. The Labute approximate surface area is 113 Å². The zero-order chi connectivity index (χ0) is 13.6. The Balaban J connectivity index is 2.16. The van der Waals surface area contributed by atoms with E-state index in [4.69, 9.17) is 9.05 Å². The highest BCUT2D eigenvalue weighted by Crippen LogP contribution is 2.44. The number of benzene rings is 2. The Hall–Kier alpha value is -1.77. The van der Waals surface area contributed by atoms with Gasteiger partial charge in [0.1, 0.15) is 11.5 Å². The van der Waals surface area contributed by atoms with E-state index >= 15 is 0 Å². The van der Waals surface area contributed by atoms with Crippen molar-refractivity contribution in [1.82, 2.24) is 5.09 Å². The van der Waals surface area contributed by atoms with Crippen molar-refractivity contribution in [3.8, 4) is 11.5 Å². The molecule has 0 saturated carbocycles. The molecule has 0 aliphatic rings. The van der Waals surface area contributed by atoms with Gasteiger partial charge in [0.15, 0.2) is 0 Å². The van der Waals surface area contributed by atoms with Crippen molar-refractivity contribution in [3.63, 3.8) is 0 Å². The van der Waals surface area contributed by atoms with Crippen LogP contribution in [-0.4, -0.2) is 6.54 Å². The molecular formula is C14H16NO3P. The summed E-state index contributed by atoms with van der Waals surface area (Å²) in [5, 5.41) is 2.77. The predicted molar refractivity (Wildman–Crippen MR) is 75.4 cm³/mol. The maximum atomic E-state index is 12.6. The second kappa shape index (κ2) is 6.41. The van der Waals surface area contributed by atoms with Gasteiger partial charge in [0.2, 0.25) is 0 Å². The lowest BCUT2D eigenvalue weighted by Gasteiger charge is -2.19. The third-order valence-corrected chi connectivity index (χ3v) is 3.90. The first-order valence-corrected chi connectivity index (χ1v) is 7.60. The molecule has 2 aromatic rings. The maximum Gasteiger partial charge on any atom is 0.512 e. The molecule has 0 saturated heterocycles. The summed E-state index contributed by atoms with van der Waals surface area (Å²) in [5.74, 6) is 1.01. The normalized spacial score (nSPS) is 11.0. The van der Waals surface area contributed by atoms with Crippen LogP contribution in [0.3, 0.4) is 0 Å². The molecule has 1 N–H and O–H groups in total. The van der Waals surface area contributed by atoms with Crippen molar-refractivity contribution in [2.24, 2.45) is 0 Å². The molecule has 0 fully saturated rings. The van der Waals surface area contributed by atoms with Crippen LogP contribution in [0, 0.1) is 0 Å². The minimum atomic E-state index is -3.41. The van der Waals surface area contributed by atoms with Crippen molar-refractivity contribution < 1.29 is 13.6 Å². The Morgan fingerprint density at radius 1 is 0.895 bits per heavy atom. The second-order valence-electron chi connectivity index (χ2n) is 3.82. The summed E-state index contributed by atoms with van der Waals surface area (Å²) in [5.41, 5.74) is 0. The topological polar surface area (TPSA) is 47.6 Å². The van der Waals surface area contributed by atoms with E-state index in [1.165, 1.54) is 0 Å². The zero-order valence-corrected chi connectivity index (χ0v) is 11.5. The van der Waals surface area contributed by atoms with Crippen LogP contribution in [0.5, 0.6) is 11.5 Å². The molecule has 0 unspecified atom stereocenters. The number of rotatable bonds is 6. The molecule has 2 rings (SSSR count). The SMILES string of the molecule is CCNP(=O)(Oc1ccccc1)Oc1ccccc1. The van der Waals surface area contributed by atoms with Crippen LogP contribution in [0.2, 0.25) is 0 Å². The van der Waals surface area contributed by atoms with Crippen molar-refractivity contribution in [2.45, 2.75) is 6.92 Å². The van der Waals surface area contributed by atoms with E-state index in [1.807, 2.05) is 43.3 Å². The Kier molecular flexibility index (Phi) is 4.61. The van der Waals surface area contributed by atoms with Gasteiger partial charge in [-0.2, -0.15) is 0 Å². The molecule has 2 aromatic carbocycles. The van der Waals surface area contributed by atoms with E-state index in [0.29, 0.717) is 18.0 Å². The largest absolute Gasteiger partial charge is 0.512 e.